The largest absolute Gasteiger partial charge is 0.334 e. The van der Waals surface area contributed by atoms with Gasteiger partial charge in [0.2, 0.25) is 0 Å². The van der Waals surface area contributed by atoms with Gasteiger partial charge in [-0.15, -0.1) is 0 Å². The first-order chi connectivity index (χ1) is 11.7. The number of amides is 1. The molecule has 7 heteroatoms. The molecule has 4 rings (SSSR count). The summed E-state index contributed by atoms with van der Waals surface area (Å²) in [4.78, 5) is 31.5. The van der Waals surface area contributed by atoms with Gasteiger partial charge >= 0.3 is 0 Å². The van der Waals surface area contributed by atoms with E-state index in [1.165, 1.54) is 10.6 Å². The van der Waals surface area contributed by atoms with E-state index in [1.54, 1.807) is 29.4 Å². The van der Waals surface area contributed by atoms with Crippen molar-refractivity contribution in [3.8, 4) is 0 Å². The predicted molar refractivity (Wildman–Crippen MR) is 87.7 cm³/mol. The fourth-order valence-corrected chi connectivity index (χ4v) is 3.25. The van der Waals surface area contributed by atoms with Crippen LogP contribution in [0, 0.1) is 0 Å². The van der Waals surface area contributed by atoms with Crippen LogP contribution in [0.15, 0.2) is 53.8 Å². The Hall–Kier alpha value is -2.96. The summed E-state index contributed by atoms with van der Waals surface area (Å²) in [7, 11) is 0. The van der Waals surface area contributed by atoms with E-state index in [9.17, 15) is 9.59 Å². The number of pyridine rings is 1. The molecule has 4 heterocycles. The van der Waals surface area contributed by atoms with E-state index in [0.29, 0.717) is 18.7 Å². The van der Waals surface area contributed by atoms with Gasteiger partial charge in [-0.2, -0.15) is 5.10 Å². The molecule has 0 spiro atoms. The molecule has 0 N–H and O–H groups in total. The van der Waals surface area contributed by atoms with Crippen LogP contribution in [0.5, 0.6) is 0 Å². The third-order valence-corrected chi connectivity index (χ3v) is 4.44. The molecule has 1 amide bonds. The maximum absolute atomic E-state index is 12.9. The van der Waals surface area contributed by atoms with Crippen molar-refractivity contribution in [2.75, 3.05) is 6.54 Å². The van der Waals surface area contributed by atoms with E-state index in [2.05, 4.69) is 10.1 Å². The van der Waals surface area contributed by atoms with Gasteiger partial charge in [0.05, 0.1) is 12.6 Å². The number of likely N-dealkylation sites (tertiary alicyclic amines) is 1. The second-order valence-electron chi connectivity index (χ2n) is 5.93. The lowest BCUT2D eigenvalue weighted by atomic mass is 10.2. The monoisotopic (exact) mass is 323 g/mol. The molecule has 0 aliphatic carbocycles. The van der Waals surface area contributed by atoms with Crippen molar-refractivity contribution in [3.05, 3.63) is 65.0 Å². The van der Waals surface area contributed by atoms with E-state index < -0.39 is 0 Å². The van der Waals surface area contributed by atoms with Gasteiger partial charge in [-0.1, -0.05) is 6.07 Å². The van der Waals surface area contributed by atoms with Gasteiger partial charge in [-0.05, 0) is 31.0 Å². The summed E-state index contributed by atoms with van der Waals surface area (Å²) >= 11 is 0. The molecular formula is C17H17N5O2. The molecule has 3 aromatic rings. The number of hydrogen-bond donors (Lipinski definition) is 0. The van der Waals surface area contributed by atoms with Crippen LogP contribution in [0.1, 0.15) is 23.2 Å². The van der Waals surface area contributed by atoms with Crippen LogP contribution >= 0.6 is 0 Å². The highest BCUT2D eigenvalue weighted by molar-refractivity contribution is 5.94. The summed E-state index contributed by atoms with van der Waals surface area (Å²) in [5, 5.41) is 4.21. The fourth-order valence-electron chi connectivity index (χ4n) is 3.25. The lowest BCUT2D eigenvalue weighted by Gasteiger charge is -2.24. The summed E-state index contributed by atoms with van der Waals surface area (Å²) in [6.45, 7) is 1.29. The lowest BCUT2D eigenvalue weighted by molar-refractivity contribution is 0.0719. The Labute approximate surface area is 138 Å². The molecule has 24 heavy (non-hydrogen) atoms. The minimum Gasteiger partial charge on any atom is -0.334 e. The van der Waals surface area contributed by atoms with Crippen molar-refractivity contribution in [1.29, 1.82) is 0 Å². The molecule has 0 saturated carbocycles. The Morgan fingerprint density at radius 2 is 2.17 bits per heavy atom. The molecule has 1 saturated heterocycles. The van der Waals surface area contributed by atoms with E-state index in [0.717, 1.165) is 12.8 Å². The summed E-state index contributed by atoms with van der Waals surface area (Å²) < 4.78 is 3.23. The SMILES string of the molecule is O=C(c1cnc2ccccn2c1=O)N1CCC[C@@H]1Cn1cccn1. The standard InChI is InChI=1S/C17H17N5O2/c23-16(14-11-18-15-6-1-2-9-22(15)17(14)24)21-10-3-5-13(21)12-20-8-4-7-19-20/h1-2,4,6-9,11,13H,3,5,10,12H2/t13-/m1/s1. The van der Waals surface area contributed by atoms with Crippen molar-refractivity contribution in [2.45, 2.75) is 25.4 Å². The summed E-state index contributed by atoms with van der Waals surface area (Å²) in [5.41, 5.74) is 0.329. The van der Waals surface area contributed by atoms with Crippen molar-refractivity contribution >= 4 is 11.6 Å². The Morgan fingerprint density at radius 3 is 3.00 bits per heavy atom. The first kappa shape index (κ1) is 14.6. The normalized spacial score (nSPS) is 17.5. The summed E-state index contributed by atoms with van der Waals surface area (Å²) in [5.74, 6) is -0.250. The number of hydrogen-bond acceptors (Lipinski definition) is 4. The van der Waals surface area contributed by atoms with E-state index in [1.807, 2.05) is 23.0 Å². The van der Waals surface area contributed by atoms with Crippen LogP contribution in [0.3, 0.4) is 0 Å². The van der Waals surface area contributed by atoms with E-state index in [-0.39, 0.29) is 23.1 Å². The van der Waals surface area contributed by atoms with Gasteiger partial charge < -0.3 is 4.90 Å². The summed E-state index contributed by atoms with van der Waals surface area (Å²) in [6.07, 6.45) is 8.47. The molecule has 0 aromatic carbocycles. The van der Waals surface area contributed by atoms with Crippen LogP contribution in [-0.4, -0.2) is 42.6 Å². The molecule has 1 aliphatic rings. The third kappa shape index (κ3) is 2.47. The number of nitrogens with zero attached hydrogens (tertiary/aromatic N) is 5. The minimum atomic E-state index is -0.324. The molecule has 1 aliphatic heterocycles. The van der Waals surface area contributed by atoms with Crippen molar-refractivity contribution < 1.29 is 4.79 Å². The van der Waals surface area contributed by atoms with Crippen LogP contribution in [0.25, 0.3) is 5.65 Å². The average Bonchev–Trinajstić information content (AvgIpc) is 3.27. The van der Waals surface area contributed by atoms with Gasteiger partial charge in [-0.25, -0.2) is 4.98 Å². The zero-order chi connectivity index (χ0) is 16.5. The molecule has 1 fully saturated rings. The highest BCUT2D eigenvalue weighted by Crippen LogP contribution is 2.20. The molecule has 0 unspecified atom stereocenters. The Morgan fingerprint density at radius 1 is 1.25 bits per heavy atom. The van der Waals surface area contributed by atoms with Crippen LogP contribution < -0.4 is 5.56 Å². The molecule has 122 valence electrons. The number of rotatable bonds is 3. The minimum absolute atomic E-state index is 0.0493. The Bertz CT molecular complexity index is 932. The number of carbonyl (C=O) groups excluding carboxylic acids is 1. The maximum Gasteiger partial charge on any atom is 0.270 e. The highest BCUT2D eigenvalue weighted by atomic mass is 16.2. The van der Waals surface area contributed by atoms with Crippen LogP contribution in [-0.2, 0) is 6.54 Å². The van der Waals surface area contributed by atoms with Gasteiger partial charge in [0.1, 0.15) is 11.2 Å². The Kier molecular flexibility index (Phi) is 3.60. The number of aromatic nitrogens is 4. The number of carbonyl (C=O) groups is 1. The third-order valence-electron chi connectivity index (χ3n) is 4.44. The van der Waals surface area contributed by atoms with E-state index >= 15 is 0 Å². The predicted octanol–water partition coefficient (Wildman–Crippen LogP) is 1.20. The van der Waals surface area contributed by atoms with Gasteiger partial charge in [0.15, 0.2) is 0 Å². The van der Waals surface area contributed by atoms with Gasteiger partial charge in [0.25, 0.3) is 11.5 Å². The smallest absolute Gasteiger partial charge is 0.270 e. The molecule has 7 nitrogen and oxygen atoms in total. The van der Waals surface area contributed by atoms with Crippen molar-refractivity contribution in [2.24, 2.45) is 0 Å². The first-order valence-electron chi connectivity index (χ1n) is 7.99. The van der Waals surface area contributed by atoms with Crippen molar-refractivity contribution in [3.63, 3.8) is 0 Å². The molecule has 3 aromatic heterocycles. The zero-order valence-electron chi connectivity index (χ0n) is 13.1. The summed E-state index contributed by atoms with van der Waals surface area (Å²) in [6, 6.07) is 7.21. The van der Waals surface area contributed by atoms with E-state index in [4.69, 9.17) is 0 Å². The lowest BCUT2D eigenvalue weighted by Crippen LogP contribution is -2.41. The second-order valence-corrected chi connectivity index (χ2v) is 5.93. The second kappa shape index (κ2) is 5.92. The highest BCUT2D eigenvalue weighted by Gasteiger charge is 2.31. The molecule has 0 bridgehead atoms. The zero-order valence-corrected chi connectivity index (χ0v) is 13.1. The van der Waals surface area contributed by atoms with Crippen LogP contribution in [0.2, 0.25) is 0 Å². The topological polar surface area (TPSA) is 72.5 Å². The molecule has 1 atom stereocenters. The van der Waals surface area contributed by atoms with Gasteiger partial charge in [-0.3, -0.25) is 18.7 Å². The maximum atomic E-state index is 12.9. The first-order valence-corrected chi connectivity index (χ1v) is 7.99. The molecular weight excluding hydrogens is 306 g/mol. The number of fused-ring (bicyclic) bond motifs is 1. The van der Waals surface area contributed by atoms with Crippen molar-refractivity contribution in [1.82, 2.24) is 24.1 Å². The van der Waals surface area contributed by atoms with Crippen LogP contribution in [0.4, 0.5) is 0 Å². The Balaban J connectivity index is 1.65. The molecule has 0 radical (unpaired) electrons. The fraction of sp³-hybridized carbons (Fsp3) is 0.294. The average molecular weight is 323 g/mol. The quantitative estimate of drug-likeness (QED) is 0.726. The van der Waals surface area contributed by atoms with Gasteiger partial charge in [0, 0.05) is 31.3 Å².